The Morgan fingerprint density at radius 3 is 2.52 bits per heavy atom. The van der Waals surface area contributed by atoms with Crippen molar-refractivity contribution in [1.82, 2.24) is 14.9 Å². The molecule has 0 unspecified atom stereocenters. The topological polar surface area (TPSA) is 87.4 Å². The highest BCUT2D eigenvalue weighted by molar-refractivity contribution is 5.81. The first-order chi connectivity index (χ1) is 9.97. The molecule has 1 heterocycles. The predicted molar refractivity (Wildman–Crippen MR) is 83.1 cm³/mol. The summed E-state index contributed by atoms with van der Waals surface area (Å²) in [5, 5.41) is 0. The van der Waals surface area contributed by atoms with Gasteiger partial charge in [-0.2, -0.15) is 0 Å². The summed E-state index contributed by atoms with van der Waals surface area (Å²) < 4.78 is 0. The summed E-state index contributed by atoms with van der Waals surface area (Å²) in [7, 11) is 3.51. The average Bonchev–Trinajstić information content (AvgIpc) is 3.29. The zero-order chi connectivity index (χ0) is 15.6. The van der Waals surface area contributed by atoms with Gasteiger partial charge in [-0.25, -0.2) is 15.8 Å². The van der Waals surface area contributed by atoms with E-state index in [4.69, 9.17) is 5.84 Å². The van der Waals surface area contributed by atoms with Crippen LogP contribution >= 0.6 is 0 Å². The molecule has 116 valence electrons. The normalized spacial score (nSPS) is 14.0. The van der Waals surface area contributed by atoms with Crippen LogP contribution in [0.15, 0.2) is 0 Å². The third-order valence-electron chi connectivity index (χ3n) is 3.72. The number of likely N-dealkylation sites (N-methyl/N-ethyl adjacent to an activating group) is 2. The number of anilines is 2. The molecule has 0 bridgehead atoms. The van der Waals surface area contributed by atoms with Crippen molar-refractivity contribution in [2.24, 2.45) is 5.84 Å². The Morgan fingerprint density at radius 1 is 1.38 bits per heavy atom. The number of nitrogens with zero attached hydrogens (tertiary/aromatic N) is 4. The number of amides is 1. The molecular weight excluding hydrogens is 268 g/mol. The van der Waals surface area contributed by atoms with Crippen LogP contribution in [0.25, 0.3) is 0 Å². The Kier molecular flexibility index (Phi) is 4.62. The number of nitrogens with two attached hydrogens (primary N) is 1. The van der Waals surface area contributed by atoms with Gasteiger partial charge in [0.15, 0.2) is 0 Å². The van der Waals surface area contributed by atoms with Gasteiger partial charge in [-0.05, 0) is 26.7 Å². The predicted octanol–water partition coefficient (Wildman–Crippen LogP) is 0.863. The maximum atomic E-state index is 12.0. The lowest BCUT2D eigenvalue weighted by Crippen LogP contribution is -2.37. The third kappa shape index (κ3) is 3.41. The standard InChI is InChI=1S/C14H24N6O/c1-5-20(8-11(21)19(3)4)14-9(2)12(18-15)16-13(17-14)10-6-7-10/h10H,5-8,15H2,1-4H3,(H,16,17,18). The van der Waals surface area contributed by atoms with Crippen molar-refractivity contribution in [3.63, 3.8) is 0 Å². The number of aromatic nitrogens is 2. The lowest BCUT2D eigenvalue weighted by Gasteiger charge is -2.25. The van der Waals surface area contributed by atoms with Gasteiger partial charge in [0.05, 0.1) is 6.54 Å². The quantitative estimate of drug-likeness (QED) is 0.597. The number of nitrogen functional groups attached to an aromatic ring is 1. The molecule has 1 aliphatic carbocycles. The van der Waals surface area contributed by atoms with Crippen molar-refractivity contribution in [3.05, 3.63) is 11.4 Å². The molecule has 1 fully saturated rings. The molecule has 1 aliphatic rings. The first-order valence-electron chi connectivity index (χ1n) is 7.28. The van der Waals surface area contributed by atoms with Gasteiger partial charge >= 0.3 is 0 Å². The molecule has 7 nitrogen and oxygen atoms in total. The van der Waals surface area contributed by atoms with Crippen LogP contribution in [0.2, 0.25) is 0 Å². The fourth-order valence-corrected chi connectivity index (χ4v) is 2.14. The van der Waals surface area contributed by atoms with Crippen LogP contribution in [-0.4, -0.2) is 48.0 Å². The summed E-state index contributed by atoms with van der Waals surface area (Å²) in [5.74, 6) is 8.29. The lowest BCUT2D eigenvalue weighted by molar-refractivity contribution is -0.127. The maximum Gasteiger partial charge on any atom is 0.241 e. The van der Waals surface area contributed by atoms with Crippen LogP contribution in [0.5, 0.6) is 0 Å². The number of hydrogen-bond acceptors (Lipinski definition) is 6. The maximum absolute atomic E-state index is 12.0. The van der Waals surface area contributed by atoms with Crippen LogP contribution in [0.4, 0.5) is 11.6 Å². The molecule has 0 spiro atoms. The Balaban J connectivity index is 2.34. The van der Waals surface area contributed by atoms with Crippen LogP contribution < -0.4 is 16.2 Å². The lowest BCUT2D eigenvalue weighted by atomic mass is 10.2. The van der Waals surface area contributed by atoms with Crippen LogP contribution in [0.1, 0.15) is 37.1 Å². The van der Waals surface area contributed by atoms with Crippen LogP contribution in [0, 0.1) is 6.92 Å². The minimum absolute atomic E-state index is 0.0464. The molecule has 0 radical (unpaired) electrons. The zero-order valence-corrected chi connectivity index (χ0v) is 13.2. The van der Waals surface area contributed by atoms with Crippen molar-refractivity contribution in [1.29, 1.82) is 0 Å². The van der Waals surface area contributed by atoms with Gasteiger partial charge in [0.2, 0.25) is 5.91 Å². The van der Waals surface area contributed by atoms with Crippen molar-refractivity contribution >= 4 is 17.5 Å². The molecule has 21 heavy (non-hydrogen) atoms. The van der Waals surface area contributed by atoms with Gasteiger partial charge in [0, 0.05) is 32.1 Å². The smallest absolute Gasteiger partial charge is 0.241 e. The highest BCUT2D eigenvalue weighted by Gasteiger charge is 2.29. The van der Waals surface area contributed by atoms with E-state index in [0.717, 1.165) is 30.0 Å². The monoisotopic (exact) mass is 292 g/mol. The molecule has 0 saturated heterocycles. The minimum atomic E-state index is 0.0464. The van der Waals surface area contributed by atoms with Crippen molar-refractivity contribution < 1.29 is 4.79 Å². The second-order valence-electron chi connectivity index (χ2n) is 5.60. The highest BCUT2D eigenvalue weighted by Crippen LogP contribution is 2.39. The number of carbonyl (C=O) groups is 1. The van der Waals surface area contributed by atoms with E-state index >= 15 is 0 Å². The molecule has 0 atom stereocenters. The van der Waals surface area contributed by atoms with E-state index in [0.29, 0.717) is 24.8 Å². The van der Waals surface area contributed by atoms with E-state index in [1.165, 1.54) is 0 Å². The van der Waals surface area contributed by atoms with Gasteiger partial charge in [0.1, 0.15) is 17.5 Å². The van der Waals surface area contributed by atoms with Crippen LogP contribution in [-0.2, 0) is 4.79 Å². The summed E-state index contributed by atoms with van der Waals surface area (Å²) >= 11 is 0. The van der Waals surface area contributed by atoms with Gasteiger partial charge < -0.3 is 15.2 Å². The Labute approximate surface area is 125 Å². The van der Waals surface area contributed by atoms with Crippen molar-refractivity contribution in [3.8, 4) is 0 Å². The van der Waals surface area contributed by atoms with E-state index in [9.17, 15) is 4.79 Å². The molecule has 0 aromatic carbocycles. The van der Waals surface area contributed by atoms with Gasteiger partial charge in [-0.3, -0.25) is 4.79 Å². The summed E-state index contributed by atoms with van der Waals surface area (Å²) in [6.45, 7) is 4.93. The number of rotatable bonds is 6. The molecule has 7 heteroatoms. The summed E-state index contributed by atoms with van der Waals surface area (Å²) in [6.07, 6.45) is 2.24. The minimum Gasteiger partial charge on any atom is -0.347 e. The molecule has 1 amide bonds. The molecular formula is C14H24N6O. The van der Waals surface area contributed by atoms with Gasteiger partial charge in [-0.15, -0.1) is 0 Å². The molecule has 0 aliphatic heterocycles. The first-order valence-corrected chi connectivity index (χ1v) is 7.28. The second kappa shape index (κ2) is 6.26. The van der Waals surface area contributed by atoms with Crippen LogP contribution in [0.3, 0.4) is 0 Å². The van der Waals surface area contributed by atoms with Gasteiger partial charge in [-0.1, -0.05) is 0 Å². The third-order valence-corrected chi connectivity index (χ3v) is 3.72. The Hall–Kier alpha value is -1.89. The fourth-order valence-electron chi connectivity index (χ4n) is 2.14. The number of nitrogens with one attached hydrogen (secondary N) is 1. The molecule has 1 saturated carbocycles. The van der Waals surface area contributed by atoms with E-state index in [1.807, 2.05) is 18.7 Å². The van der Waals surface area contributed by atoms with E-state index in [1.54, 1.807) is 19.0 Å². The summed E-state index contributed by atoms with van der Waals surface area (Å²) in [5.41, 5.74) is 3.51. The van der Waals surface area contributed by atoms with Gasteiger partial charge in [0.25, 0.3) is 0 Å². The summed E-state index contributed by atoms with van der Waals surface area (Å²) in [4.78, 5) is 24.7. The van der Waals surface area contributed by atoms with E-state index in [2.05, 4.69) is 15.4 Å². The van der Waals surface area contributed by atoms with Crippen molar-refractivity contribution in [2.45, 2.75) is 32.6 Å². The molecule has 1 aromatic heterocycles. The molecule has 1 aromatic rings. The SMILES string of the molecule is CCN(CC(=O)N(C)C)c1nc(C2CC2)nc(NN)c1C. The first kappa shape index (κ1) is 15.5. The van der Waals surface area contributed by atoms with E-state index in [-0.39, 0.29) is 5.91 Å². The highest BCUT2D eigenvalue weighted by atomic mass is 16.2. The average molecular weight is 292 g/mol. The molecule has 3 N–H and O–H groups in total. The zero-order valence-electron chi connectivity index (χ0n) is 13.2. The largest absolute Gasteiger partial charge is 0.347 e. The van der Waals surface area contributed by atoms with Crippen molar-refractivity contribution in [2.75, 3.05) is 37.5 Å². The van der Waals surface area contributed by atoms with E-state index < -0.39 is 0 Å². The second-order valence-corrected chi connectivity index (χ2v) is 5.60. The summed E-state index contributed by atoms with van der Waals surface area (Å²) in [6, 6.07) is 0. The Bertz CT molecular complexity index is 526. The number of hydrogen-bond donors (Lipinski definition) is 2. The Morgan fingerprint density at radius 2 is 2.05 bits per heavy atom. The number of carbonyl (C=O) groups excluding carboxylic acids is 1. The number of hydrazine groups is 1. The fraction of sp³-hybridized carbons (Fsp3) is 0.643. The molecule has 2 rings (SSSR count).